The molecule has 1 aliphatic rings. The molecule has 6 rings (SSSR count). The van der Waals surface area contributed by atoms with E-state index < -0.39 is 23.6 Å². The SMILES string of the molecule is COc1cc2c(cc1OC)-c1cc(C(=O)N[C@@H](CO)Cc3c[nH]c4ccccc34)c(-c3cccc(F)c3F)cc1OC2. The highest BCUT2D eigenvalue weighted by Crippen LogP contribution is 2.45. The van der Waals surface area contributed by atoms with Crippen LogP contribution in [-0.2, 0) is 13.0 Å². The number of hydrogen-bond donors (Lipinski definition) is 3. The van der Waals surface area contributed by atoms with Crippen LogP contribution in [0.25, 0.3) is 33.2 Å². The number of para-hydroxylation sites is 1. The summed E-state index contributed by atoms with van der Waals surface area (Å²) in [6, 6.07) is 17.7. The molecule has 5 aromatic rings. The van der Waals surface area contributed by atoms with Gasteiger partial charge in [0.25, 0.3) is 5.91 Å². The number of aromatic nitrogens is 1. The summed E-state index contributed by atoms with van der Waals surface area (Å²) in [4.78, 5) is 17.1. The molecule has 0 saturated heterocycles. The molecule has 0 unspecified atom stereocenters. The van der Waals surface area contributed by atoms with Crippen LogP contribution in [0, 0.1) is 11.6 Å². The first-order chi connectivity index (χ1) is 20.4. The minimum atomic E-state index is -1.08. The fourth-order valence-electron chi connectivity index (χ4n) is 5.47. The van der Waals surface area contributed by atoms with Gasteiger partial charge >= 0.3 is 0 Å². The molecule has 4 aromatic carbocycles. The van der Waals surface area contributed by atoms with Crippen molar-refractivity contribution in [1.29, 1.82) is 0 Å². The van der Waals surface area contributed by atoms with Gasteiger partial charge in [-0.3, -0.25) is 4.79 Å². The molecule has 3 N–H and O–H groups in total. The van der Waals surface area contributed by atoms with Gasteiger partial charge in [0.1, 0.15) is 12.4 Å². The summed E-state index contributed by atoms with van der Waals surface area (Å²) < 4.78 is 46.4. The second-order valence-corrected chi connectivity index (χ2v) is 10.1. The van der Waals surface area contributed by atoms with Crippen molar-refractivity contribution in [2.45, 2.75) is 19.1 Å². The molecule has 0 radical (unpaired) electrons. The lowest BCUT2D eigenvalue weighted by Crippen LogP contribution is -2.39. The van der Waals surface area contributed by atoms with Crippen molar-refractivity contribution < 1.29 is 32.9 Å². The van der Waals surface area contributed by atoms with Crippen LogP contribution >= 0.6 is 0 Å². The second kappa shape index (κ2) is 11.2. The second-order valence-electron chi connectivity index (χ2n) is 10.1. The van der Waals surface area contributed by atoms with Crippen molar-refractivity contribution >= 4 is 16.8 Å². The van der Waals surface area contributed by atoms with Gasteiger partial charge in [0, 0.05) is 44.9 Å². The number of amides is 1. The highest BCUT2D eigenvalue weighted by atomic mass is 19.2. The molecule has 2 heterocycles. The third-order valence-electron chi connectivity index (χ3n) is 7.59. The molecule has 1 atom stereocenters. The molecule has 42 heavy (non-hydrogen) atoms. The number of rotatable bonds is 8. The van der Waals surface area contributed by atoms with Crippen molar-refractivity contribution in [3.8, 4) is 39.5 Å². The Bertz CT molecular complexity index is 1820. The van der Waals surface area contributed by atoms with Crippen molar-refractivity contribution in [1.82, 2.24) is 10.3 Å². The molecule has 1 aromatic heterocycles. The Kier molecular flexibility index (Phi) is 7.26. The number of methoxy groups -OCH3 is 2. The molecule has 214 valence electrons. The maximum Gasteiger partial charge on any atom is 0.252 e. The smallest absolute Gasteiger partial charge is 0.252 e. The summed E-state index contributed by atoms with van der Waals surface area (Å²) in [5.41, 5.74) is 4.20. The zero-order valence-electron chi connectivity index (χ0n) is 23.0. The number of aliphatic hydroxyl groups is 1. The van der Waals surface area contributed by atoms with Crippen molar-refractivity contribution in [2.24, 2.45) is 0 Å². The number of aromatic amines is 1. The largest absolute Gasteiger partial charge is 0.493 e. The number of hydrogen-bond acceptors (Lipinski definition) is 5. The highest BCUT2D eigenvalue weighted by molar-refractivity contribution is 6.03. The number of ether oxygens (including phenoxy) is 3. The molecule has 1 aliphatic heterocycles. The Morgan fingerprint density at radius 3 is 2.55 bits per heavy atom. The lowest BCUT2D eigenvalue weighted by molar-refractivity contribution is 0.0917. The van der Waals surface area contributed by atoms with Gasteiger partial charge in [-0.15, -0.1) is 0 Å². The number of fused-ring (bicyclic) bond motifs is 4. The van der Waals surface area contributed by atoms with E-state index in [0.29, 0.717) is 29.2 Å². The fraction of sp³-hybridized carbons (Fsp3) is 0.182. The van der Waals surface area contributed by atoms with E-state index in [-0.39, 0.29) is 29.9 Å². The van der Waals surface area contributed by atoms with E-state index in [4.69, 9.17) is 14.2 Å². The molecule has 9 heteroatoms. The average Bonchev–Trinajstić information content (AvgIpc) is 3.43. The molecule has 1 amide bonds. The summed E-state index contributed by atoms with van der Waals surface area (Å²) in [6.45, 7) is -0.126. The topological polar surface area (TPSA) is 92.8 Å². The number of H-pyrrole nitrogens is 1. The van der Waals surface area contributed by atoms with Crippen LogP contribution in [0.1, 0.15) is 21.5 Å². The molecular formula is C33H28F2N2O5. The van der Waals surface area contributed by atoms with Crippen LogP contribution in [0.3, 0.4) is 0 Å². The summed E-state index contributed by atoms with van der Waals surface area (Å²) >= 11 is 0. The van der Waals surface area contributed by atoms with Gasteiger partial charge in [-0.25, -0.2) is 8.78 Å². The van der Waals surface area contributed by atoms with Crippen molar-refractivity contribution in [3.63, 3.8) is 0 Å². The van der Waals surface area contributed by atoms with Crippen LogP contribution in [-0.4, -0.2) is 42.9 Å². The molecule has 0 aliphatic carbocycles. The van der Waals surface area contributed by atoms with Gasteiger partial charge in [-0.1, -0.05) is 30.3 Å². The van der Waals surface area contributed by atoms with Crippen LogP contribution < -0.4 is 19.5 Å². The predicted molar refractivity (Wildman–Crippen MR) is 155 cm³/mol. The summed E-state index contributed by atoms with van der Waals surface area (Å²) in [7, 11) is 3.07. The Balaban J connectivity index is 1.44. The van der Waals surface area contributed by atoms with Crippen molar-refractivity contribution in [3.05, 3.63) is 101 Å². The first-order valence-electron chi connectivity index (χ1n) is 13.4. The molecule has 0 bridgehead atoms. The maximum atomic E-state index is 15.1. The van der Waals surface area contributed by atoms with Gasteiger partial charge in [0.2, 0.25) is 0 Å². The number of nitrogens with one attached hydrogen (secondary N) is 2. The Morgan fingerprint density at radius 1 is 0.976 bits per heavy atom. The Hall–Kier alpha value is -4.89. The average molecular weight is 571 g/mol. The molecular weight excluding hydrogens is 542 g/mol. The van der Waals surface area contributed by atoms with E-state index in [1.807, 2.05) is 30.5 Å². The van der Waals surface area contributed by atoms with E-state index in [1.165, 1.54) is 26.4 Å². The van der Waals surface area contributed by atoms with E-state index >= 15 is 4.39 Å². The first kappa shape index (κ1) is 27.3. The normalized spacial score (nSPS) is 12.7. The summed E-state index contributed by atoms with van der Waals surface area (Å²) in [5.74, 6) is -1.23. The van der Waals surface area contributed by atoms with Gasteiger partial charge < -0.3 is 29.6 Å². The minimum absolute atomic E-state index is 0.0816. The van der Waals surface area contributed by atoms with E-state index in [2.05, 4.69) is 10.3 Å². The quantitative estimate of drug-likeness (QED) is 0.212. The van der Waals surface area contributed by atoms with E-state index in [1.54, 1.807) is 24.3 Å². The molecule has 0 spiro atoms. The third kappa shape index (κ3) is 4.81. The van der Waals surface area contributed by atoms with Gasteiger partial charge in [0.05, 0.1) is 26.9 Å². The fourth-order valence-corrected chi connectivity index (χ4v) is 5.47. The number of carbonyl (C=O) groups is 1. The zero-order chi connectivity index (χ0) is 29.4. The highest BCUT2D eigenvalue weighted by Gasteiger charge is 2.27. The summed E-state index contributed by atoms with van der Waals surface area (Å²) in [5, 5.41) is 14.1. The van der Waals surface area contributed by atoms with Gasteiger partial charge in [0.15, 0.2) is 23.1 Å². The standard InChI is InChI=1S/C33H28F2N2O5/c1-40-30-11-19-17-42-29-14-24(22-7-5-8-27(34)32(22)35)26(12-25(29)23(19)13-31(30)41-2)33(39)37-20(16-38)10-18-15-36-28-9-4-3-6-21(18)28/h3-9,11-15,20,36,38H,10,16-17H2,1-2H3,(H,37,39)/t20-/m1/s1. The van der Waals surface area contributed by atoms with Crippen LogP contribution in [0.15, 0.2) is 72.9 Å². The monoisotopic (exact) mass is 570 g/mol. The number of halogens is 2. The predicted octanol–water partition coefficient (Wildman–Crippen LogP) is 6.02. The molecule has 0 saturated carbocycles. The van der Waals surface area contributed by atoms with E-state index in [9.17, 15) is 14.3 Å². The Labute approximate surface area is 240 Å². The van der Waals surface area contributed by atoms with Gasteiger partial charge in [-0.2, -0.15) is 0 Å². The Morgan fingerprint density at radius 2 is 1.76 bits per heavy atom. The minimum Gasteiger partial charge on any atom is -0.493 e. The lowest BCUT2D eigenvalue weighted by atomic mass is 9.90. The van der Waals surface area contributed by atoms with Crippen molar-refractivity contribution in [2.75, 3.05) is 20.8 Å². The van der Waals surface area contributed by atoms with E-state index in [0.717, 1.165) is 33.7 Å². The lowest BCUT2D eigenvalue weighted by Gasteiger charge is -2.25. The summed E-state index contributed by atoms with van der Waals surface area (Å²) in [6.07, 6.45) is 2.20. The number of aliphatic hydroxyl groups excluding tert-OH is 1. The number of carbonyl (C=O) groups excluding carboxylic acids is 1. The van der Waals surface area contributed by atoms with Gasteiger partial charge in [-0.05, 0) is 53.9 Å². The van der Waals surface area contributed by atoms with Crippen LogP contribution in [0.2, 0.25) is 0 Å². The van der Waals surface area contributed by atoms with Crippen LogP contribution in [0.5, 0.6) is 17.2 Å². The molecule has 0 fully saturated rings. The maximum absolute atomic E-state index is 15.1. The zero-order valence-corrected chi connectivity index (χ0v) is 23.0. The molecule has 7 nitrogen and oxygen atoms in total. The first-order valence-corrected chi connectivity index (χ1v) is 13.4. The third-order valence-corrected chi connectivity index (χ3v) is 7.59. The van der Waals surface area contributed by atoms with Crippen LogP contribution in [0.4, 0.5) is 8.78 Å². The number of benzene rings is 4.